The molecule has 11 rings (SSSR count). The van der Waals surface area contributed by atoms with Gasteiger partial charge in [-0.2, -0.15) is 0 Å². The molecule has 1 unspecified atom stereocenters. The SMILES string of the molecule is c1ccc(C(Cc2cccc(-c3ccc4c(c3)sc3sc5ccc(N(c6ccccc6)c6ccccc6)cc5c34)c2)c2ccc3c(c2)oc2ccccc23)cc1. The van der Waals surface area contributed by atoms with Gasteiger partial charge in [-0.15, -0.1) is 22.7 Å². The Morgan fingerprint density at radius 1 is 0.429 bits per heavy atom. The number of rotatable bonds is 8. The number of nitrogens with zero attached hydrogens (tertiary/aromatic N) is 1. The van der Waals surface area contributed by atoms with Crippen molar-refractivity contribution in [2.24, 2.45) is 0 Å². The monoisotopic (exact) mass is 753 g/mol. The minimum absolute atomic E-state index is 0.188. The van der Waals surface area contributed by atoms with E-state index in [1.807, 2.05) is 28.7 Å². The first-order chi connectivity index (χ1) is 27.7. The van der Waals surface area contributed by atoms with Crippen molar-refractivity contribution in [2.45, 2.75) is 12.3 Å². The number of hydrogen-bond acceptors (Lipinski definition) is 4. The van der Waals surface area contributed by atoms with Gasteiger partial charge in [0.1, 0.15) is 11.2 Å². The Morgan fingerprint density at radius 2 is 1.11 bits per heavy atom. The van der Waals surface area contributed by atoms with Crippen molar-refractivity contribution in [2.75, 3.05) is 4.90 Å². The van der Waals surface area contributed by atoms with Gasteiger partial charge in [0.05, 0.1) is 4.01 Å². The van der Waals surface area contributed by atoms with Crippen LogP contribution in [0.2, 0.25) is 0 Å². The molecule has 4 heteroatoms. The van der Waals surface area contributed by atoms with E-state index in [1.165, 1.54) is 57.4 Å². The van der Waals surface area contributed by atoms with E-state index in [-0.39, 0.29) is 5.92 Å². The molecule has 1 atom stereocenters. The first-order valence-electron chi connectivity index (χ1n) is 19.1. The summed E-state index contributed by atoms with van der Waals surface area (Å²) in [5.74, 6) is 0.188. The van der Waals surface area contributed by atoms with Gasteiger partial charge in [0.2, 0.25) is 0 Å². The second kappa shape index (κ2) is 13.7. The zero-order chi connectivity index (χ0) is 37.0. The predicted octanol–water partition coefficient (Wildman–Crippen LogP) is 15.7. The lowest BCUT2D eigenvalue weighted by atomic mass is 9.85. The van der Waals surface area contributed by atoms with Crippen molar-refractivity contribution in [3.05, 3.63) is 211 Å². The zero-order valence-corrected chi connectivity index (χ0v) is 32.1. The molecule has 0 aliphatic heterocycles. The summed E-state index contributed by atoms with van der Waals surface area (Å²) < 4.78 is 10.4. The molecule has 3 heterocycles. The van der Waals surface area contributed by atoms with Gasteiger partial charge in [0.15, 0.2) is 0 Å². The maximum absolute atomic E-state index is 6.33. The van der Waals surface area contributed by atoms with Crippen LogP contribution < -0.4 is 4.90 Å². The molecule has 11 aromatic rings. The van der Waals surface area contributed by atoms with Crippen LogP contribution in [0.15, 0.2) is 199 Å². The molecular formula is C52H35NOS2. The zero-order valence-electron chi connectivity index (χ0n) is 30.4. The summed E-state index contributed by atoms with van der Waals surface area (Å²) >= 11 is 3.81. The molecule has 0 spiro atoms. The third kappa shape index (κ3) is 5.77. The van der Waals surface area contributed by atoms with E-state index in [0.717, 1.165) is 45.4 Å². The van der Waals surface area contributed by atoms with E-state index in [4.69, 9.17) is 4.42 Å². The van der Waals surface area contributed by atoms with Crippen LogP contribution in [0.4, 0.5) is 17.1 Å². The fourth-order valence-electron chi connectivity index (χ4n) is 8.41. The lowest BCUT2D eigenvalue weighted by Crippen LogP contribution is -2.09. The summed E-state index contributed by atoms with van der Waals surface area (Å²) in [6, 6.07) is 70.4. The predicted molar refractivity (Wildman–Crippen MR) is 241 cm³/mol. The Hall–Kier alpha value is -6.46. The maximum Gasteiger partial charge on any atom is 0.135 e. The van der Waals surface area contributed by atoms with E-state index in [9.17, 15) is 0 Å². The number of hydrogen-bond donors (Lipinski definition) is 0. The molecule has 2 nitrogen and oxygen atoms in total. The van der Waals surface area contributed by atoms with E-state index < -0.39 is 0 Å². The molecule has 0 bridgehead atoms. The standard InChI is InChI=1S/C52H35NOS2/c1-4-14-35(15-5-1)45(38-24-26-43-42-21-10-11-22-47(42)54-48(43)31-38)30-34-13-12-16-36(29-34)37-23-27-44-50(32-37)56-52-51(44)46-33-41(25-28-49(46)55-52)53(39-17-6-2-7-18-39)40-19-8-3-9-20-40/h1-29,31-33,45H,30H2. The molecular weight excluding hydrogens is 719 g/mol. The molecule has 0 saturated heterocycles. The summed E-state index contributed by atoms with van der Waals surface area (Å²) in [6.45, 7) is 0. The summed E-state index contributed by atoms with van der Waals surface area (Å²) in [4.78, 5) is 2.35. The van der Waals surface area contributed by atoms with Crippen LogP contribution in [0.5, 0.6) is 0 Å². The van der Waals surface area contributed by atoms with Crippen LogP contribution in [0.3, 0.4) is 0 Å². The summed E-state index contributed by atoms with van der Waals surface area (Å²) in [7, 11) is 0. The van der Waals surface area contributed by atoms with Gasteiger partial charge in [-0.3, -0.25) is 0 Å². The fourth-order valence-corrected chi connectivity index (χ4v) is 11.0. The molecule has 8 aromatic carbocycles. The quantitative estimate of drug-likeness (QED) is 0.154. The summed E-state index contributed by atoms with van der Waals surface area (Å²) in [5, 5.41) is 6.32. The molecule has 3 aromatic heterocycles. The molecule has 266 valence electrons. The number of para-hydroxylation sites is 3. The van der Waals surface area contributed by atoms with E-state index in [0.29, 0.717) is 0 Å². The van der Waals surface area contributed by atoms with Crippen LogP contribution in [0.25, 0.3) is 62.6 Å². The topological polar surface area (TPSA) is 16.4 Å². The number of benzene rings is 8. The molecule has 0 aliphatic carbocycles. The second-order valence-electron chi connectivity index (χ2n) is 14.5. The van der Waals surface area contributed by atoms with Gasteiger partial charge in [0, 0.05) is 59.3 Å². The Kier molecular flexibility index (Phi) is 8.05. The molecule has 56 heavy (non-hydrogen) atoms. The average Bonchev–Trinajstić information content (AvgIpc) is 3.93. The van der Waals surface area contributed by atoms with Crippen LogP contribution in [0, 0.1) is 0 Å². The van der Waals surface area contributed by atoms with E-state index >= 15 is 0 Å². The maximum atomic E-state index is 6.33. The van der Waals surface area contributed by atoms with Crippen molar-refractivity contribution < 1.29 is 4.42 Å². The number of anilines is 3. The first kappa shape index (κ1) is 32.9. The van der Waals surface area contributed by atoms with Crippen molar-refractivity contribution in [1.29, 1.82) is 0 Å². The van der Waals surface area contributed by atoms with Gasteiger partial charge in [-0.05, 0) is 94.9 Å². The lowest BCUT2D eigenvalue weighted by Gasteiger charge is -2.25. The van der Waals surface area contributed by atoms with Crippen molar-refractivity contribution in [3.8, 4) is 11.1 Å². The Balaban J connectivity index is 0.949. The van der Waals surface area contributed by atoms with Gasteiger partial charge in [-0.25, -0.2) is 0 Å². The highest BCUT2D eigenvalue weighted by Gasteiger charge is 2.20. The molecule has 0 N–H and O–H groups in total. The Morgan fingerprint density at radius 3 is 1.91 bits per heavy atom. The second-order valence-corrected chi connectivity index (χ2v) is 16.8. The molecule has 0 radical (unpaired) electrons. The normalized spacial score (nSPS) is 12.3. The van der Waals surface area contributed by atoms with Gasteiger partial charge in [0.25, 0.3) is 0 Å². The first-order valence-corrected chi connectivity index (χ1v) is 20.7. The number of fused-ring (bicyclic) bond motifs is 8. The fraction of sp³-hybridized carbons (Fsp3) is 0.0385. The number of furan rings is 1. The molecule has 0 saturated carbocycles. The molecule has 0 aliphatic rings. The van der Waals surface area contributed by atoms with Crippen molar-refractivity contribution in [1.82, 2.24) is 0 Å². The van der Waals surface area contributed by atoms with Crippen LogP contribution >= 0.6 is 22.7 Å². The third-order valence-corrected chi connectivity index (χ3v) is 13.5. The highest BCUT2D eigenvalue weighted by Crippen LogP contribution is 2.47. The van der Waals surface area contributed by atoms with Crippen LogP contribution in [0.1, 0.15) is 22.6 Å². The van der Waals surface area contributed by atoms with Gasteiger partial charge >= 0.3 is 0 Å². The summed E-state index contributed by atoms with van der Waals surface area (Å²) in [6.07, 6.45) is 0.887. The lowest BCUT2D eigenvalue weighted by molar-refractivity contribution is 0.667. The summed E-state index contributed by atoms with van der Waals surface area (Å²) in [5.41, 5.74) is 11.7. The minimum atomic E-state index is 0.188. The number of thiophene rings is 2. The van der Waals surface area contributed by atoms with E-state index in [1.54, 1.807) is 0 Å². The highest BCUT2D eigenvalue weighted by molar-refractivity contribution is 7.44. The Bertz CT molecular complexity index is 3140. The Labute approximate surface area is 333 Å². The van der Waals surface area contributed by atoms with E-state index in [2.05, 4.69) is 193 Å². The largest absolute Gasteiger partial charge is 0.456 e. The van der Waals surface area contributed by atoms with Crippen LogP contribution in [-0.2, 0) is 6.42 Å². The molecule has 0 fully saturated rings. The van der Waals surface area contributed by atoms with Gasteiger partial charge in [-0.1, -0.05) is 133 Å². The average molecular weight is 754 g/mol. The highest BCUT2D eigenvalue weighted by atomic mass is 32.2. The van der Waals surface area contributed by atoms with Crippen LogP contribution in [-0.4, -0.2) is 0 Å². The molecule has 0 amide bonds. The smallest absolute Gasteiger partial charge is 0.135 e. The minimum Gasteiger partial charge on any atom is -0.456 e. The third-order valence-electron chi connectivity index (χ3n) is 11.1. The van der Waals surface area contributed by atoms with Gasteiger partial charge < -0.3 is 9.32 Å². The van der Waals surface area contributed by atoms with Crippen molar-refractivity contribution >= 4 is 91.2 Å². The van der Waals surface area contributed by atoms with Crippen molar-refractivity contribution in [3.63, 3.8) is 0 Å².